The van der Waals surface area contributed by atoms with E-state index in [0.29, 0.717) is 21.3 Å². The molecule has 0 atom stereocenters. The van der Waals surface area contributed by atoms with Gasteiger partial charge >= 0.3 is 0 Å². The lowest BCUT2D eigenvalue weighted by Gasteiger charge is -2.25. The number of nitrogens with zero attached hydrogens (tertiary/aromatic N) is 4. The number of aromatic nitrogens is 1. The maximum atomic E-state index is 13.0. The number of hydrogen-bond acceptors (Lipinski definition) is 6. The number of unbranched alkanes of at least 4 members (excludes halogenated alkanes) is 3. The van der Waals surface area contributed by atoms with Crippen molar-refractivity contribution >= 4 is 46.1 Å². The Morgan fingerprint density at radius 2 is 1.90 bits per heavy atom. The van der Waals surface area contributed by atoms with Crippen molar-refractivity contribution in [3.63, 3.8) is 0 Å². The highest BCUT2D eigenvalue weighted by atomic mass is 32.2. The minimum Gasteiger partial charge on any atom is -0.357 e. The molecule has 0 aliphatic carbocycles. The minimum absolute atomic E-state index is 0.0827. The smallest absolute Gasteiger partial charge is 0.270 e. The summed E-state index contributed by atoms with van der Waals surface area (Å²) in [5, 5.41) is 9.54. The van der Waals surface area contributed by atoms with Gasteiger partial charge < -0.3 is 4.90 Å². The van der Waals surface area contributed by atoms with E-state index in [9.17, 15) is 14.9 Å². The molecule has 160 valence electrons. The van der Waals surface area contributed by atoms with Crippen LogP contribution in [0.4, 0.5) is 5.82 Å². The van der Waals surface area contributed by atoms with Gasteiger partial charge in [0.05, 0.1) is 4.91 Å². The molecule has 3 heterocycles. The second kappa shape index (κ2) is 9.80. The number of rotatable bonds is 7. The summed E-state index contributed by atoms with van der Waals surface area (Å²) in [6, 6.07) is 2.05. The lowest BCUT2D eigenvalue weighted by atomic mass is 10.0. The summed E-state index contributed by atoms with van der Waals surface area (Å²) in [6.07, 6.45) is 8.26. The first-order valence-electron chi connectivity index (χ1n) is 10.5. The van der Waals surface area contributed by atoms with Crippen LogP contribution in [0.5, 0.6) is 0 Å². The Hall–Kier alpha value is -2.11. The summed E-state index contributed by atoms with van der Waals surface area (Å²) in [5.41, 5.74) is 1.22. The quantitative estimate of drug-likeness (QED) is 0.360. The van der Waals surface area contributed by atoms with E-state index in [4.69, 9.17) is 12.2 Å². The zero-order valence-electron chi connectivity index (χ0n) is 17.9. The number of amides is 1. The molecule has 1 aromatic rings. The standard InChI is InChI=1S/C22H28N4O2S2/c1-4-5-6-7-12-26-21(28)18(30-22(26)29)13-16-15(2)17(14-23)20(27)24(3)19(16)25-10-8-9-11-25/h13H,4-12H2,1-3H3/b18-13-. The third-order valence-electron chi connectivity index (χ3n) is 5.76. The Morgan fingerprint density at radius 1 is 1.20 bits per heavy atom. The van der Waals surface area contributed by atoms with Gasteiger partial charge in [0.2, 0.25) is 0 Å². The van der Waals surface area contributed by atoms with E-state index >= 15 is 0 Å². The van der Waals surface area contributed by atoms with E-state index in [1.807, 2.05) is 12.1 Å². The van der Waals surface area contributed by atoms with Crippen LogP contribution in [0.25, 0.3) is 6.08 Å². The maximum Gasteiger partial charge on any atom is 0.270 e. The molecule has 0 bridgehead atoms. The number of pyridine rings is 1. The Morgan fingerprint density at radius 3 is 2.53 bits per heavy atom. The van der Waals surface area contributed by atoms with Gasteiger partial charge in [-0.05, 0) is 37.8 Å². The molecule has 0 spiro atoms. The molecule has 1 amide bonds. The average molecular weight is 445 g/mol. The van der Waals surface area contributed by atoms with Crippen LogP contribution in [0.15, 0.2) is 9.70 Å². The van der Waals surface area contributed by atoms with Crippen molar-refractivity contribution in [2.75, 3.05) is 24.5 Å². The predicted molar refractivity (Wildman–Crippen MR) is 127 cm³/mol. The van der Waals surface area contributed by atoms with Crippen molar-refractivity contribution in [2.24, 2.45) is 7.05 Å². The summed E-state index contributed by atoms with van der Waals surface area (Å²) in [5.74, 6) is 0.697. The van der Waals surface area contributed by atoms with Gasteiger partial charge in [-0.15, -0.1) is 0 Å². The number of carbonyl (C=O) groups is 1. The molecule has 0 saturated carbocycles. The summed E-state index contributed by atoms with van der Waals surface area (Å²) >= 11 is 6.77. The third kappa shape index (κ3) is 4.33. The van der Waals surface area contributed by atoms with Gasteiger partial charge in [-0.3, -0.25) is 19.1 Å². The summed E-state index contributed by atoms with van der Waals surface area (Å²) in [4.78, 5) is 30.2. The average Bonchev–Trinajstić information content (AvgIpc) is 3.33. The molecule has 0 radical (unpaired) electrons. The number of carbonyl (C=O) groups excluding carboxylic acids is 1. The van der Waals surface area contributed by atoms with Gasteiger partial charge in [-0.25, -0.2) is 0 Å². The number of hydrogen-bond donors (Lipinski definition) is 0. The molecule has 2 saturated heterocycles. The Labute approximate surface area is 187 Å². The fraction of sp³-hybridized carbons (Fsp3) is 0.545. The molecule has 8 heteroatoms. The minimum atomic E-state index is -0.294. The molecule has 2 aliphatic heterocycles. The van der Waals surface area contributed by atoms with Gasteiger partial charge in [0.1, 0.15) is 21.8 Å². The molecule has 3 rings (SSSR count). The molecule has 0 aromatic carbocycles. The molecular weight excluding hydrogens is 416 g/mol. The van der Waals surface area contributed by atoms with Crippen molar-refractivity contribution in [1.29, 1.82) is 5.26 Å². The predicted octanol–water partition coefficient (Wildman–Crippen LogP) is 3.95. The summed E-state index contributed by atoms with van der Waals surface area (Å²) in [7, 11) is 1.70. The van der Waals surface area contributed by atoms with E-state index in [1.54, 1.807) is 23.4 Å². The number of nitriles is 1. The van der Waals surface area contributed by atoms with Crippen LogP contribution in [-0.2, 0) is 11.8 Å². The van der Waals surface area contributed by atoms with Crippen LogP contribution >= 0.6 is 24.0 Å². The Bertz CT molecular complexity index is 984. The van der Waals surface area contributed by atoms with Gasteiger partial charge in [-0.2, -0.15) is 5.26 Å². The second-order valence-corrected chi connectivity index (χ2v) is 9.48. The number of anilines is 1. The van der Waals surface area contributed by atoms with Gasteiger partial charge in [0.25, 0.3) is 11.5 Å². The monoisotopic (exact) mass is 444 g/mol. The van der Waals surface area contributed by atoms with E-state index in [-0.39, 0.29) is 17.0 Å². The highest BCUT2D eigenvalue weighted by Crippen LogP contribution is 2.36. The van der Waals surface area contributed by atoms with Gasteiger partial charge in [0.15, 0.2) is 0 Å². The highest BCUT2D eigenvalue weighted by Gasteiger charge is 2.33. The van der Waals surface area contributed by atoms with E-state index in [2.05, 4.69) is 11.8 Å². The molecule has 2 aliphatic rings. The molecule has 1 aromatic heterocycles. The van der Waals surface area contributed by atoms with E-state index < -0.39 is 0 Å². The molecular formula is C22H28N4O2S2. The van der Waals surface area contributed by atoms with E-state index in [1.165, 1.54) is 11.8 Å². The zero-order valence-corrected chi connectivity index (χ0v) is 19.5. The number of thioether (sulfide) groups is 1. The highest BCUT2D eigenvalue weighted by molar-refractivity contribution is 8.26. The fourth-order valence-electron chi connectivity index (χ4n) is 4.04. The Balaban J connectivity index is 2.01. The van der Waals surface area contributed by atoms with Crippen molar-refractivity contribution < 1.29 is 4.79 Å². The maximum absolute atomic E-state index is 13.0. The van der Waals surface area contributed by atoms with E-state index in [0.717, 1.165) is 63.0 Å². The van der Waals surface area contributed by atoms with Gasteiger partial charge in [-0.1, -0.05) is 50.2 Å². The van der Waals surface area contributed by atoms with Crippen molar-refractivity contribution in [2.45, 2.75) is 52.4 Å². The largest absolute Gasteiger partial charge is 0.357 e. The second-order valence-electron chi connectivity index (χ2n) is 7.80. The van der Waals surface area contributed by atoms with Crippen LogP contribution in [0.2, 0.25) is 0 Å². The van der Waals surface area contributed by atoms with Crippen LogP contribution in [0, 0.1) is 18.3 Å². The molecule has 0 unspecified atom stereocenters. The van der Waals surface area contributed by atoms with Crippen LogP contribution in [-0.4, -0.2) is 39.3 Å². The SMILES string of the molecule is CCCCCCN1C(=O)/C(=C/c2c(C)c(C#N)c(=O)n(C)c2N2CCCC2)SC1=S. The van der Waals surface area contributed by atoms with Crippen molar-refractivity contribution in [1.82, 2.24) is 9.47 Å². The molecule has 0 N–H and O–H groups in total. The van der Waals surface area contributed by atoms with Crippen LogP contribution in [0.1, 0.15) is 62.1 Å². The zero-order chi connectivity index (χ0) is 21.8. The lowest BCUT2D eigenvalue weighted by molar-refractivity contribution is -0.122. The van der Waals surface area contributed by atoms with Crippen molar-refractivity contribution in [3.8, 4) is 6.07 Å². The first kappa shape index (κ1) is 22.6. The third-order valence-corrected chi connectivity index (χ3v) is 7.14. The summed E-state index contributed by atoms with van der Waals surface area (Å²) < 4.78 is 2.13. The van der Waals surface area contributed by atoms with Crippen LogP contribution < -0.4 is 10.5 Å². The van der Waals surface area contributed by atoms with Gasteiger partial charge in [0, 0.05) is 32.2 Å². The lowest BCUT2D eigenvalue weighted by Crippen LogP contribution is -2.31. The number of thiocarbonyl (C=S) groups is 1. The first-order chi connectivity index (χ1) is 14.4. The summed E-state index contributed by atoms with van der Waals surface area (Å²) in [6.45, 7) is 6.30. The topological polar surface area (TPSA) is 69.3 Å². The molecule has 2 fully saturated rings. The first-order valence-corrected chi connectivity index (χ1v) is 11.8. The fourth-order valence-corrected chi connectivity index (χ4v) is 5.33. The Kier molecular flexibility index (Phi) is 7.37. The molecule has 30 heavy (non-hydrogen) atoms. The van der Waals surface area contributed by atoms with Crippen molar-refractivity contribution in [3.05, 3.63) is 31.9 Å². The van der Waals surface area contributed by atoms with Crippen LogP contribution in [0.3, 0.4) is 0 Å². The normalized spacial score (nSPS) is 18.0. The molecule has 6 nitrogen and oxygen atoms in total.